The normalized spacial score (nSPS) is 14.9. The number of likely N-dealkylation sites (tertiary alicyclic amines) is 1. The molecule has 28 heavy (non-hydrogen) atoms. The predicted octanol–water partition coefficient (Wildman–Crippen LogP) is 2.71. The van der Waals surface area contributed by atoms with E-state index in [4.69, 9.17) is 0 Å². The van der Waals surface area contributed by atoms with Crippen LogP contribution in [0.4, 0.5) is 0 Å². The molecule has 0 atom stereocenters. The number of rotatable bonds is 9. The molecule has 7 nitrogen and oxygen atoms in total. The molecule has 1 saturated heterocycles. The molecule has 9 heteroatoms. The van der Waals surface area contributed by atoms with E-state index in [0.29, 0.717) is 31.8 Å². The van der Waals surface area contributed by atoms with Gasteiger partial charge in [-0.25, -0.2) is 0 Å². The fraction of sp³-hybridized carbons (Fsp3) is 0.579. The van der Waals surface area contributed by atoms with E-state index in [1.165, 1.54) is 16.6 Å². The molecule has 0 bridgehead atoms. The first-order chi connectivity index (χ1) is 13.7. The summed E-state index contributed by atoms with van der Waals surface area (Å²) in [4.78, 5) is 27.5. The fourth-order valence-electron chi connectivity index (χ4n) is 3.20. The Morgan fingerprint density at radius 2 is 2.21 bits per heavy atom. The number of thioether (sulfide) groups is 1. The third-order valence-corrected chi connectivity index (χ3v) is 6.62. The van der Waals surface area contributed by atoms with Gasteiger partial charge in [-0.15, -0.1) is 21.5 Å². The molecule has 2 aromatic heterocycles. The van der Waals surface area contributed by atoms with Crippen LogP contribution in [-0.4, -0.2) is 50.3 Å². The molecule has 1 N–H and O–H groups in total. The van der Waals surface area contributed by atoms with Crippen molar-refractivity contribution in [3.8, 4) is 0 Å². The van der Waals surface area contributed by atoms with Gasteiger partial charge in [-0.2, -0.15) is 0 Å². The molecule has 1 aliphatic heterocycles. The molecular formula is C19H27N5O2S2. The molecule has 2 aromatic rings. The van der Waals surface area contributed by atoms with Crippen molar-refractivity contribution in [2.24, 2.45) is 0 Å². The number of nitrogens with zero attached hydrogens (tertiary/aromatic N) is 4. The van der Waals surface area contributed by atoms with Crippen molar-refractivity contribution in [3.63, 3.8) is 0 Å². The third kappa shape index (κ3) is 5.81. The Kier molecular flexibility index (Phi) is 7.90. The zero-order valence-electron chi connectivity index (χ0n) is 16.2. The minimum absolute atomic E-state index is 0.00328. The van der Waals surface area contributed by atoms with Crippen LogP contribution >= 0.6 is 23.1 Å². The average molecular weight is 422 g/mol. The van der Waals surface area contributed by atoms with Crippen molar-refractivity contribution in [2.45, 2.75) is 57.3 Å². The molecule has 0 aromatic carbocycles. The molecule has 0 radical (unpaired) electrons. The van der Waals surface area contributed by atoms with Gasteiger partial charge in [-0.05, 0) is 37.6 Å². The van der Waals surface area contributed by atoms with Gasteiger partial charge in [0.25, 0.3) is 0 Å². The lowest BCUT2D eigenvalue weighted by Gasteiger charge is -2.20. The summed E-state index contributed by atoms with van der Waals surface area (Å²) >= 11 is 3.09. The number of amides is 2. The van der Waals surface area contributed by atoms with Gasteiger partial charge in [0, 0.05) is 30.9 Å². The Bertz CT molecular complexity index is 775. The molecule has 0 unspecified atom stereocenters. The van der Waals surface area contributed by atoms with E-state index in [1.807, 2.05) is 27.8 Å². The van der Waals surface area contributed by atoms with E-state index < -0.39 is 0 Å². The van der Waals surface area contributed by atoms with E-state index in [9.17, 15) is 9.59 Å². The molecule has 1 aliphatic rings. The van der Waals surface area contributed by atoms with E-state index in [-0.39, 0.29) is 11.8 Å². The van der Waals surface area contributed by atoms with Crippen molar-refractivity contribution < 1.29 is 9.59 Å². The van der Waals surface area contributed by atoms with Crippen LogP contribution in [0.5, 0.6) is 0 Å². The Balaban J connectivity index is 1.50. The van der Waals surface area contributed by atoms with Crippen molar-refractivity contribution in [2.75, 3.05) is 18.8 Å². The van der Waals surface area contributed by atoms with Crippen LogP contribution in [0.15, 0.2) is 22.7 Å². The first-order valence-electron chi connectivity index (χ1n) is 9.79. The lowest BCUT2D eigenvalue weighted by Crippen LogP contribution is -2.31. The molecular weight excluding hydrogens is 394 g/mol. The molecule has 3 heterocycles. The first kappa shape index (κ1) is 20.9. The van der Waals surface area contributed by atoms with Crippen LogP contribution in [-0.2, 0) is 29.1 Å². The van der Waals surface area contributed by atoms with Gasteiger partial charge < -0.3 is 14.8 Å². The summed E-state index contributed by atoms with van der Waals surface area (Å²) in [6.45, 7) is 4.66. The summed E-state index contributed by atoms with van der Waals surface area (Å²) in [7, 11) is 0. The summed E-state index contributed by atoms with van der Waals surface area (Å²) in [5.41, 5.74) is 0. The molecule has 0 aliphatic carbocycles. The van der Waals surface area contributed by atoms with Crippen molar-refractivity contribution in [3.05, 3.63) is 28.2 Å². The highest BCUT2D eigenvalue weighted by atomic mass is 32.2. The maximum absolute atomic E-state index is 12.2. The Morgan fingerprint density at radius 3 is 3.00 bits per heavy atom. The van der Waals surface area contributed by atoms with Crippen LogP contribution in [0.1, 0.15) is 43.3 Å². The van der Waals surface area contributed by atoms with Crippen LogP contribution in [0.2, 0.25) is 0 Å². The standard InChI is InChI=1S/C19H27N5O2S2/c1-2-24-16(13-23-11-5-3-4-8-18(23)26)21-22-19(24)28-14-17(25)20-10-9-15-7-6-12-27-15/h6-7,12H,2-5,8-11,13-14H2,1H3,(H,20,25). The fourth-order valence-corrected chi connectivity index (χ4v) is 4.76. The Morgan fingerprint density at radius 1 is 1.32 bits per heavy atom. The monoisotopic (exact) mass is 421 g/mol. The summed E-state index contributed by atoms with van der Waals surface area (Å²) in [6.07, 6.45) is 4.59. The van der Waals surface area contributed by atoms with E-state index in [2.05, 4.69) is 21.6 Å². The Labute approximate surface area is 173 Å². The maximum Gasteiger partial charge on any atom is 0.230 e. The van der Waals surface area contributed by atoms with Gasteiger partial charge >= 0.3 is 0 Å². The predicted molar refractivity (Wildman–Crippen MR) is 111 cm³/mol. The van der Waals surface area contributed by atoms with E-state index in [1.54, 1.807) is 11.3 Å². The van der Waals surface area contributed by atoms with Gasteiger partial charge in [-0.1, -0.05) is 24.2 Å². The van der Waals surface area contributed by atoms with Gasteiger partial charge in [0.15, 0.2) is 11.0 Å². The largest absolute Gasteiger partial charge is 0.355 e. The zero-order valence-corrected chi connectivity index (χ0v) is 17.9. The highest BCUT2D eigenvalue weighted by Crippen LogP contribution is 2.19. The molecule has 1 fully saturated rings. The number of carbonyl (C=O) groups excluding carboxylic acids is 2. The van der Waals surface area contributed by atoms with E-state index in [0.717, 1.165) is 43.2 Å². The van der Waals surface area contributed by atoms with Crippen LogP contribution < -0.4 is 5.32 Å². The first-order valence-corrected chi connectivity index (χ1v) is 11.7. The highest BCUT2D eigenvalue weighted by Gasteiger charge is 2.20. The Hall–Kier alpha value is -1.87. The molecule has 0 spiro atoms. The van der Waals surface area contributed by atoms with Crippen LogP contribution in [0.25, 0.3) is 0 Å². The molecule has 152 valence electrons. The minimum atomic E-state index is -0.00328. The van der Waals surface area contributed by atoms with Crippen molar-refractivity contribution in [1.82, 2.24) is 25.0 Å². The van der Waals surface area contributed by atoms with Gasteiger partial charge in [0.2, 0.25) is 11.8 Å². The number of aromatic nitrogens is 3. The van der Waals surface area contributed by atoms with Gasteiger partial charge in [0.05, 0.1) is 12.3 Å². The highest BCUT2D eigenvalue weighted by molar-refractivity contribution is 7.99. The van der Waals surface area contributed by atoms with Crippen LogP contribution in [0, 0.1) is 0 Å². The topological polar surface area (TPSA) is 80.1 Å². The second-order valence-electron chi connectivity index (χ2n) is 6.74. The minimum Gasteiger partial charge on any atom is -0.355 e. The van der Waals surface area contributed by atoms with Gasteiger partial charge in [-0.3, -0.25) is 9.59 Å². The lowest BCUT2D eigenvalue weighted by molar-refractivity contribution is -0.131. The summed E-state index contributed by atoms with van der Waals surface area (Å²) < 4.78 is 2.00. The van der Waals surface area contributed by atoms with Crippen molar-refractivity contribution in [1.29, 1.82) is 0 Å². The SMILES string of the molecule is CCn1c(CN2CCCCCC2=O)nnc1SCC(=O)NCCc1cccs1. The average Bonchev–Trinajstić information content (AvgIpc) is 3.29. The summed E-state index contributed by atoms with van der Waals surface area (Å²) in [6, 6.07) is 4.10. The quantitative estimate of drug-likeness (QED) is 0.630. The third-order valence-electron chi connectivity index (χ3n) is 4.72. The second kappa shape index (κ2) is 10.6. The number of hydrogen-bond donors (Lipinski definition) is 1. The van der Waals surface area contributed by atoms with E-state index >= 15 is 0 Å². The zero-order chi connectivity index (χ0) is 19.8. The van der Waals surface area contributed by atoms with Gasteiger partial charge in [0.1, 0.15) is 0 Å². The lowest BCUT2D eigenvalue weighted by atomic mass is 10.2. The number of nitrogens with one attached hydrogen (secondary N) is 1. The number of thiophene rings is 1. The molecule has 3 rings (SSSR count). The second-order valence-corrected chi connectivity index (χ2v) is 8.71. The maximum atomic E-state index is 12.2. The molecule has 0 saturated carbocycles. The smallest absolute Gasteiger partial charge is 0.230 e. The number of carbonyl (C=O) groups is 2. The molecule has 2 amide bonds. The summed E-state index contributed by atoms with van der Waals surface area (Å²) in [5.74, 6) is 1.29. The van der Waals surface area contributed by atoms with Crippen LogP contribution in [0.3, 0.4) is 0 Å². The number of hydrogen-bond acceptors (Lipinski definition) is 6. The van der Waals surface area contributed by atoms with Crippen molar-refractivity contribution >= 4 is 34.9 Å². The summed E-state index contributed by atoms with van der Waals surface area (Å²) in [5, 5.41) is 14.3.